The molecule has 0 aliphatic carbocycles. The molecule has 1 aromatic carbocycles. The highest BCUT2D eigenvalue weighted by molar-refractivity contribution is 5.75. The van der Waals surface area contributed by atoms with Gasteiger partial charge in [-0.15, -0.1) is 0 Å². The lowest BCUT2D eigenvalue weighted by Gasteiger charge is -2.26. The van der Waals surface area contributed by atoms with E-state index in [2.05, 4.69) is 50.4 Å². The van der Waals surface area contributed by atoms with Gasteiger partial charge < -0.3 is 15.3 Å². The maximum absolute atomic E-state index is 12.4. The van der Waals surface area contributed by atoms with E-state index < -0.39 is 5.97 Å². The highest BCUT2D eigenvalue weighted by atomic mass is 16.4. The first-order valence-corrected chi connectivity index (χ1v) is 8.66. The van der Waals surface area contributed by atoms with Gasteiger partial charge in [-0.25, -0.2) is 4.79 Å². The molecule has 0 saturated carbocycles. The summed E-state index contributed by atoms with van der Waals surface area (Å²) in [6.07, 6.45) is 2.50. The second-order valence-electron chi connectivity index (χ2n) is 7.45. The minimum absolute atomic E-state index is 0.0813. The highest BCUT2D eigenvalue weighted by Crippen LogP contribution is 2.33. The first-order valence-electron chi connectivity index (χ1n) is 8.66. The Balaban J connectivity index is 1.97. The Hall–Kier alpha value is -2.04. The zero-order valence-corrected chi connectivity index (χ0v) is 14.8. The number of benzene rings is 1. The molecule has 1 unspecified atom stereocenters. The monoisotopic (exact) mass is 332 g/mol. The van der Waals surface area contributed by atoms with Crippen molar-refractivity contribution in [2.45, 2.75) is 57.9 Å². The van der Waals surface area contributed by atoms with E-state index >= 15 is 0 Å². The maximum Gasteiger partial charge on any atom is 0.317 e. The third-order valence-corrected chi connectivity index (χ3v) is 4.52. The Morgan fingerprint density at radius 1 is 1.25 bits per heavy atom. The van der Waals surface area contributed by atoms with Gasteiger partial charge in [-0.1, -0.05) is 45.0 Å². The topological polar surface area (TPSA) is 69.6 Å². The molecule has 1 fully saturated rings. The van der Waals surface area contributed by atoms with Gasteiger partial charge in [0.15, 0.2) is 0 Å². The van der Waals surface area contributed by atoms with Gasteiger partial charge >= 0.3 is 12.0 Å². The van der Waals surface area contributed by atoms with E-state index in [4.69, 9.17) is 5.11 Å². The van der Waals surface area contributed by atoms with Crippen molar-refractivity contribution in [3.63, 3.8) is 0 Å². The van der Waals surface area contributed by atoms with Crippen LogP contribution in [0.5, 0.6) is 0 Å². The van der Waals surface area contributed by atoms with E-state index in [1.165, 1.54) is 11.1 Å². The van der Waals surface area contributed by atoms with Crippen LogP contribution in [-0.4, -0.2) is 35.1 Å². The number of urea groups is 1. The molecule has 132 valence electrons. The van der Waals surface area contributed by atoms with Gasteiger partial charge in [-0.3, -0.25) is 4.79 Å². The molecule has 2 N–H and O–H groups in total. The summed E-state index contributed by atoms with van der Waals surface area (Å²) in [6, 6.07) is 8.57. The normalized spacial score (nSPS) is 17.8. The van der Waals surface area contributed by atoms with Gasteiger partial charge in [0.1, 0.15) is 0 Å². The van der Waals surface area contributed by atoms with Crippen LogP contribution < -0.4 is 5.32 Å². The van der Waals surface area contributed by atoms with E-state index in [9.17, 15) is 9.59 Å². The van der Waals surface area contributed by atoms with E-state index in [1.54, 1.807) is 0 Å². The first-order chi connectivity index (χ1) is 11.3. The van der Waals surface area contributed by atoms with Gasteiger partial charge in [0.25, 0.3) is 0 Å². The lowest BCUT2D eigenvalue weighted by molar-refractivity contribution is -0.137. The number of aliphatic carboxylic acids is 1. The summed E-state index contributed by atoms with van der Waals surface area (Å²) in [5.41, 5.74) is 2.57. The van der Waals surface area contributed by atoms with Crippen molar-refractivity contribution < 1.29 is 14.7 Å². The number of carbonyl (C=O) groups is 2. The molecule has 0 radical (unpaired) electrons. The Morgan fingerprint density at radius 3 is 2.50 bits per heavy atom. The Labute approximate surface area is 144 Å². The van der Waals surface area contributed by atoms with Crippen LogP contribution in [0.25, 0.3) is 0 Å². The van der Waals surface area contributed by atoms with Crippen LogP contribution in [0.2, 0.25) is 0 Å². The average Bonchev–Trinajstić information content (AvgIpc) is 3.00. The summed E-state index contributed by atoms with van der Waals surface area (Å²) in [4.78, 5) is 24.7. The minimum Gasteiger partial charge on any atom is -0.481 e. The summed E-state index contributed by atoms with van der Waals surface area (Å²) in [7, 11) is 0. The van der Waals surface area contributed by atoms with Crippen molar-refractivity contribution in [2.75, 3.05) is 13.1 Å². The second-order valence-corrected chi connectivity index (χ2v) is 7.45. The van der Waals surface area contributed by atoms with E-state index in [0.29, 0.717) is 13.0 Å². The van der Waals surface area contributed by atoms with Crippen molar-refractivity contribution >= 4 is 12.0 Å². The number of hydrogen-bond donors (Lipinski definition) is 2. The van der Waals surface area contributed by atoms with E-state index in [0.717, 1.165) is 19.4 Å². The van der Waals surface area contributed by atoms with Crippen LogP contribution in [0.4, 0.5) is 4.79 Å². The lowest BCUT2D eigenvalue weighted by Crippen LogP contribution is -2.40. The fourth-order valence-corrected chi connectivity index (χ4v) is 3.10. The molecular weight excluding hydrogens is 304 g/mol. The van der Waals surface area contributed by atoms with Crippen LogP contribution in [0, 0.1) is 0 Å². The van der Waals surface area contributed by atoms with Crippen LogP contribution in [0.15, 0.2) is 24.3 Å². The summed E-state index contributed by atoms with van der Waals surface area (Å²) in [5, 5.41) is 11.5. The number of rotatable bonds is 5. The largest absolute Gasteiger partial charge is 0.481 e. The van der Waals surface area contributed by atoms with Gasteiger partial charge in [0.2, 0.25) is 0 Å². The highest BCUT2D eigenvalue weighted by Gasteiger charge is 2.30. The summed E-state index contributed by atoms with van der Waals surface area (Å²) in [5.74, 6) is -0.831. The lowest BCUT2D eigenvalue weighted by atomic mass is 9.86. The number of carboxylic acids is 1. The number of carboxylic acid groups (broad SMARTS) is 1. The molecule has 1 heterocycles. The fourth-order valence-electron chi connectivity index (χ4n) is 3.10. The molecule has 1 aromatic rings. The van der Waals surface area contributed by atoms with E-state index in [-0.39, 0.29) is 23.9 Å². The molecule has 0 bridgehead atoms. The molecule has 1 atom stereocenters. The molecule has 1 saturated heterocycles. The molecule has 5 nitrogen and oxygen atoms in total. The van der Waals surface area contributed by atoms with Crippen LogP contribution >= 0.6 is 0 Å². The van der Waals surface area contributed by atoms with Gasteiger partial charge in [0, 0.05) is 19.5 Å². The molecule has 24 heavy (non-hydrogen) atoms. The van der Waals surface area contributed by atoms with Crippen molar-refractivity contribution in [2.24, 2.45) is 0 Å². The molecule has 2 amide bonds. The number of likely N-dealkylation sites (tertiary alicyclic amines) is 1. The van der Waals surface area contributed by atoms with E-state index in [1.807, 2.05) is 4.90 Å². The quantitative estimate of drug-likeness (QED) is 0.808. The number of hydrogen-bond acceptors (Lipinski definition) is 2. The summed E-state index contributed by atoms with van der Waals surface area (Å²) >= 11 is 0. The maximum atomic E-state index is 12.4. The van der Waals surface area contributed by atoms with Gasteiger partial charge in [0.05, 0.1) is 6.04 Å². The van der Waals surface area contributed by atoms with Gasteiger partial charge in [-0.05, 0) is 35.8 Å². The zero-order valence-electron chi connectivity index (χ0n) is 14.8. The van der Waals surface area contributed by atoms with Crippen molar-refractivity contribution in [3.05, 3.63) is 35.4 Å². The molecule has 5 heteroatoms. The molecule has 1 aliphatic heterocycles. The fraction of sp³-hybridized carbons (Fsp3) is 0.579. The Morgan fingerprint density at radius 2 is 1.92 bits per heavy atom. The predicted octanol–water partition coefficient (Wildman–Crippen LogP) is 3.70. The summed E-state index contributed by atoms with van der Waals surface area (Å²) in [6.45, 7) is 7.71. The smallest absolute Gasteiger partial charge is 0.317 e. The van der Waals surface area contributed by atoms with Gasteiger partial charge in [-0.2, -0.15) is 0 Å². The Kier molecular flexibility index (Phi) is 5.86. The SMILES string of the molecule is CC(C)(C)c1ccc(C2CCCN2C(=O)NCCCC(=O)O)cc1. The Bertz CT molecular complexity index is 575. The molecular formula is C19H28N2O3. The number of carbonyl (C=O) groups excluding carboxylic acids is 1. The number of nitrogens with one attached hydrogen (secondary N) is 1. The van der Waals surface area contributed by atoms with Crippen molar-refractivity contribution in [1.82, 2.24) is 10.2 Å². The molecule has 0 aromatic heterocycles. The second kappa shape index (κ2) is 7.69. The minimum atomic E-state index is -0.831. The zero-order chi connectivity index (χ0) is 17.7. The average molecular weight is 332 g/mol. The first kappa shape index (κ1) is 18.3. The van der Waals surface area contributed by atoms with Crippen LogP contribution in [-0.2, 0) is 10.2 Å². The third-order valence-electron chi connectivity index (χ3n) is 4.52. The number of amides is 2. The molecule has 2 rings (SSSR count). The predicted molar refractivity (Wildman–Crippen MR) is 94.1 cm³/mol. The third kappa shape index (κ3) is 4.73. The van der Waals surface area contributed by atoms with Crippen LogP contribution in [0.1, 0.15) is 63.6 Å². The molecule has 1 aliphatic rings. The van der Waals surface area contributed by atoms with Crippen LogP contribution in [0.3, 0.4) is 0 Å². The number of nitrogens with zero attached hydrogens (tertiary/aromatic N) is 1. The van der Waals surface area contributed by atoms with Crippen molar-refractivity contribution in [1.29, 1.82) is 0 Å². The molecule has 0 spiro atoms. The standard InChI is InChI=1S/C19H28N2O3/c1-19(2,3)15-10-8-14(9-11-15)16-6-5-13-21(16)18(24)20-12-4-7-17(22)23/h8-11,16H,4-7,12-13H2,1-3H3,(H,20,24)(H,22,23). The summed E-state index contributed by atoms with van der Waals surface area (Å²) < 4.78 is 0. The van der Waals surface area contributed by atoms with Crippen molar-refractivity contribution in [3.8, 4) is 0 Å².